The fraction of sp³-hybridized carbons (Fsp3) is 0.286. The molecule has 0 saturated carbocycles. The summed E-state index contributed by atoms with van der Waals surface area (Å²) >= 11 is 0. The minimum atomic E-state index is -0.170. The topological polar surface area (TPSA) is 68.0 Å². The molecule has 5 nitrogen and oxygen atoms in total. The van der Waals surface area contributed by atoms with Crippen LogP contribution in [0.15, 0.2) is 46.9 Å². The van der Waals surface area contributed by atoms with Gasteiger partial charge in [-0.25, -0.2) is 0 Å². The molecule has 0 atom stereocenters. The first-order valence-corrected chi connectivity index (χ1v) is 8.79. The summed E-state index contributed by atoms with van der Waals surface area (Å²) in [5.41, 5.74) is 5.74. The summed E-state index contributed by atoms with van der Waals surface area (Å²) in [6.07, 6.45) is 1.81. The van der Waals surface area contributed by atoms with Crippen molar-refractivity contribution in [3.8, 4) is 0 Å². The van der Waals surface area contributed by atoms with Crippen LogP contribution in [0.2, 0.25) is 0 Å². The number of hydrogen-bond acceptors (Lipinski definition) is 4. The van der Waals surface area contributed by atoms with Crippen LogP contribution in [0.1, 0.15) is 40.6 Å². The third-order valence-electron chi connectivity index (χ3n) is 4.35. The quantitative estimate of drug-likeness (QED) is 0.730. The lowest BCUT2D eigenvalue weighted by molar-refractivity contribution is -0.115. The molecule has 0 spiro atoms. The Balaban J connectivity index is 1.59. The molecule has 0 radical (unpaired) electrons. The van der Waals surface area contributed by atoms with Gasteiger partial charge >= 0.3 is 6.01 Å². The van der Waals surface area contributed by atoms with Crippen LogP contribution in [0.3, 0.4) is 0 Å². The van der Waals surface area contributed by atoms with E-state index in [0.717, 1.165) is 17.5 Å². The third-order valence-corrected chi connectivity index (χ3v) is 4.35. The Bertz CT molecular complexity index is 898. The van der Waals surface area contributed by atoms with Crippen molar-refractivity contribution in [2.45, 2.75) is 40.0 Å². The Labute approximate surface area is 153 Å². The number of benzene rings is 2. The first-order valence-electron chi connectivity index (χ1n) is 8.79. The van der Waals surface area contributed by atoms with Crippen LogP contribution in [0.25, 0.3) is 0 Å². The van der Waals surface area contributed by atoms with E-state index in [4.69, 9.17) is 4.42 Å². The van der Waals surface area contributed by atoms with Crippen molar-refractivity contribution >= 4 is 11.9 Å². The lowest BCUT2D eigenvalue weighted by Crippen LogP contribution is -2.14. The molecule has 1 heterocycles. The highest BCUT2D eigenvalue weighted by Gasteiger charge is 2.12. The maximum absolute atomic E-state index is 12.2. The molecule has 0 aliphatic rings. The summed E-state index contributed by atoms with van der Waals surface area (Å²) in [7, 11) is 0. The van der Waals surface area contributed by atoms with Crippen LogP contribution >= 0.6 is 0 Å². The van der Waals surface area contributed by atoms with E-state index >= 15 is 0 Å². The van der Waals surface area contributed by atoms with Crippen LogP contribution in [0, 0.1) is 13.8 Å². The fourth-order valence-corrected chi connectivity index (χ4v) is 2.82. The second-order valence-corrected chi connectivity index (χ2v) is 6.50. The van der Waals surface area contributed by atoms with E-state index in [1.807, 2.05) is 24.3 Å². The van der Waals surface area contributed by atoms with Crippen molar-refractivity contribution in [2.24, 2.45) is 0 Å². The van der Waals surface area contributed by atoms with Crippen LogP contribution in [-0.2, 0) is 24.1 Å². The molecule has 1 amide bonds. The van der Waals surface area contributed by atoms with Crippen LogP contribution in [0.4, 0.5) is 6.01 Å². The number of carbonyl (C=O) groups is 1. The average Bonchev–Trinajstić information content (AvgIpc) is 3.05. The molecule has 2 aromatic carbocycles. The maximum Gasteiger partial charge on any atom is 0.322 e. The van der Waals surface area contributed by atoms with E-state index in [0.29, 0.717) is 12.3 Å². The van der Waals surface area contributed by atoms with Gasteiger partial charge in [-0.1, -0.05) is 60.1 Å². The van der Waals surface area contributed by atoms with Crippen LogP contribution in [-0.4, -0.2) is 16.1 Å². The molecule has 0 unspecified atom stereocenters. The molecule has 3 rings (SSSR count). The van der Waals surface area contributed by atoms with Crippen molar-refractivity contribution < 1.29 is 9.21 Å². The van der Waals surface area contributed by atoms with Crippen molar-refractivity contribution in [2.75, 3.05) is 5.32 Å². The largest absolute Gasteiger partial charge is 0.407 e. The van der Waals surface area contributed by atoms with Gasteiger partial charge in [0.2, 0.25) is 11.8 Å². The highest BCUT2D eigenvalue weighted by molar-refractivity contribution is 5.90. The van der Waals surface area contributed by atoms with Gasteiger partial charge in [-0.05, 0) is 42.5 Å². The molecule has 1 N–H and O–H groups in total. The molecular weight excluding hydrogens is 326 g/mol. The Morgan fingerprint density at radius 1 is 1.04 bits per heavy atom. The second-order valence-electron chi connectivity index (χ2n) is 6.50. The van der Waals surface area contributed by atoms with E-state index in [1.54, 1.807) is 0 Å². The van der Waals surface area contributed by atoms with Crippen LogP contribution in [0.5, 0.6) is 0 Å². The minimum Gasteiger partial charge on any atom is -0.407 e. The number of rotatable bonds is 6. The fourth-order valence-electron chi connectivity index (χ4n) is 2.82. The standard InChI is InChI=1S/C21H23N3O2/c1-4-16-6-8-17(9-7-16)12-19(25)22-21-24-23-20(26-21)13-18-10-5-14(2)11-15(18)3/h5-11H,4,12-13H2,1-3H3,(H,22,24,25). The van der Waals surface area contributed by atoms with E-state index in [9.17, 15) is 4.79 Å². The lowest BCUT2D eigenvalue weighted by atomic mass is 10.0. The summed E-state index contributed by atoms with van der Waals surface area (Å²) in [6, 6.07) is 14.4. The van der Waals surface area contributed by atoms with Gasteiger partial charge < -0.3 is 4.42 Å². The summed E-state index contributed by atoms with van der Waals surface area (Å²) < 4.78 is 5.56. The first kappa shape index (κ1) is 17.9. The zero-order chi connectivity index (χ0) is 18.5. The number of nitrogens with one attached hydrogen (secondary N) is 1. The molecule has 5 heteroatoms. The third kappa shape index (κ3) is 4.57. The lowest BCUT2D eigenvalue weighted by Gasteiger charge is -2.04. The molecule has 0 aliphatic heterocycles. The van der Waals surface area contributed by atoms with Gasteiger partial charge in [-0.3, -0.25) is 10.1 Å². The second kappa shape index (κ2) is 7.95. The Hall–Kier alpha value is -2.95. The molecule has 0 bridgehead atoms. The normalized spacial score (nSPS) is 10.7. The number of amides is 1. The first-order chi connectivity index (χ1) is 12.5. The SMILES string of the molecule is CCc1ccc(CC(=O)Nc2nnc(Cc3ccc(C)cc3C)o2)cc1. The molecule has 0 fully saturated rings. The van der Waals surface area contributed by atoms with Gasteiger partial charge in [0.25, 0.3) is 0 Å². The van der Waals surface area contributed by atoms with E-state index in [-0.39, 0.29) is 18.3 Å². The molecule has 26 heavy (non-hydrogen) atoms. The Morgan fingerprint density at radius 2 is 1.77 bits per heavy atom. The van der Waals surface area contributed by atoms with Gasteiger partial charge in [0.15, 0.2) is 0 Å². The number of nitrogens with zero attached hydrogens (tertiary/aromatic N) is 2. The molecular formula is C21H23N3O2. The number of aromatic nitrogens is 2. The zero-order valence-corrected chi connectivity index (χ0v) is 15.4. The monoisotopic (exact) mass is 349 g/mol. The minimum absolute atomic E-state index is 0.139. The van der Waals surface area contributed by atoms with Crippen molar-refractivity contribution in [1.82, 2.24) is 10.2 Å². The summed E-state index contributed by atoms with van der Waals surface area (Å²) in [6.45, 7) is 6.23. The summed E-state index contributed by atoms with van der Waals surface area (Å²) in [5.74, 6) is 0.315. The van der Waals surface area contributed by atoms with E-state index < -0.39 is 0 Å². The summed E-state index contributed by atoms with van der Waals surface area (Å²) in [5, 5.41) is 10.6. The van der Waals surface area contributed by atoms with Crippen molar-refractivity contribution in [1.29, 1.82) is 0 Å². The molecule has 134 valence electrons. The molecule has 3 aromatic rings. The Morgan fingerprint density at radius 3 is 2.46 bits per heavy atom. The highest BCUT2D eigenvalue weighted by Crippen LogP contribution is 2.16. The van der Waals surface area contributed by atoms with Gasteiger partial charge in [0.05, 0.1) is 12.8 Å². The van der Waals surface area contributed by atoms with Crippen LogP contribution < -0.4 is 5.32 Å². The van der Waals surface area contributed by atoms with Gasteiger partial charge in [0.1, 0.15) is 0 Å². The number of aryl methyl sites for hydroxylation is 3. The van der Waals surface area contributed by atoms with Crippen molar-refractivity contribution in [3.63, 3.8) is 0 Å². The van der Waals surface area contributed by atoms with Gasteiger partial charge in [-0.15, -0.1) is 5.10 Å². The highest BCUT2D eigenvalue weighted by atomic mass is 16.4. The predicted octanol–water partition coefficient (Wildman–Crippen LogP) is 4.02. The number of anilines is 1. The van der Waals surface area contributed by atoms with Gasteiger partial charge in [0, 0.05) is 0 Å². The molecule has 0 saturated heterocycles. The van der Waals surface area contributed by atoms with Crippen molar-refractivity contribution in [3.05, 3.63) is 76.2 Å². The zero-order valence-electron chi connectivity index (χ0n) is 15.4. The molecule has 0 aliphatic carbocycles. The summed E-state index contributed by atoms with van der Waals surface area (Å²) in [4.78, 5) is 12.2. The smallest absolute Gasteiger partial charge is 0.322 e. The predicted molar refractivity (Wildman–Crippen MR) is 101 cm³/mol. The number of hydrogen-bond donors (Lipinski definition) is 1. The van der Waals surface area contributed by atoms with E-state index in [2.05, 4.69) is 54.5 Å². The molecule has 1 aromatic heterocycles. The van der Waals surface area contributed by atoms with E-state index in [1.165, 1.54) is 16.7 Å². The maximum atomic E-state index is 12.2. The average molecular weight is 349 g/mol. The Kier molecular flexibility index (Phi) is 5.46. The number of carbonyl (C=O) groups excluding carboxylic acids is 1. The van der Waals surface area contributed by atoms with Gasteiger partial charge in [-0.2, -0.15) is 0 Å².